The van der Waals surface area contributed by atoms with Crippen molar-refractivity contribution in [2.45, 2.75) is 16.0 Å². The van der Waals surface area contributed by atoms with Crippen LogP contribution >= 0.6 is 11.3 Å². The van der Waals surface area contributed by atoms with Gasteiger partial charge in [-0.1, -0.05) is 47.2 Å². The van der Waals surface area contributed by atoms with Crippen LogP contribution in [-0.2, 0) is 9.84 Å². The van der Waals surface area contributed by atoms with Gasteiger partial charge in [-0.3, -0.25) is 10.1 Å². The fraction of sp³-hybridized carbons (Fsp3) is 0.0588. The molecule has 24 heavy (non-hydrogen) atoms. The zero-order valence-electron chi connectivity index (χ0n) is 12.8. The highest BCUT2D eigenvalue weighted by Crippen LogP contribution is 2.28. The Morgan fingerprint density at radius 1 is 1.04 bits per heavy atom. The Balaban J connectivity index is 1.81. The summed E-state index contributed by atoms with van der Waals surface area (Å²) in [4.78, 5) is 16.4. The lowest BCUT2D eigenvalue weighted by Gasteiger charge is -2.02. The van der Waals surface area contributed by atoms with Crippen molar-refractivity contribution in [2.24, 2.45) is 0 Å². The first-order valence-corrected chi connectivity index (χ1v) is 9.41. The SMILES string of the molecule is Cc1ccc(C(=O)Nc2ncc(S(=O)(=O)c3ccccc3)s2)cc1. The van der Waals surface area contributed by atoms with Gasteiger partial charge in [-0.25, -0.2) is 13.4 Å². The van der Waals surface area contributed by atoms with Gasteiger partial charge in [0, 0.05) is 5.56 Å². The molecule has 1 aromatic heterocycles. The molecule has 0 aliphatic carbocycles. The van der Waals surface area contributed by atoms with E-state index in [1.54, 1.807) is 30.3 Å². The Kier molecular flexibility index (Phi) is 4.46. The van der Waals surface area contributed by atoms with Crippen LogP contribution in [0, 0.1) is 6.92 Å². The Labute approximate surface area is 143 Å². The molecule has 5 nitrogen and oxygen atoms in total. The number of aromatic nitrogens is 1. The van der Waals surface area contributed by atoms with E-state index in [1.165, 1.54) is 18.3 Å². The van der Waals surface area contributed by atoms with Crippen molar-refractivity contribution in [1.82, 2.24) is 4.98 Å². The van der Waals surface area contributed by atoms with Crippen molar-refractivity contribution >= 4 is 32.2 Å². The molecule has 0 fully saturated rings. The van der Waals surface area contributed by atoms with Crippen molar-refractivity contribution < 1.29 is 13.2 Å². The maximum Gasteiger partial charge on any atom is 0.257 e. The lowest BCUT2D eigenvalue weighted by atomic mass is 10.1. The fourth-order valence-corrected chi connectivity index (χ4v) is 4.48. The van der Waals surface area contributed by atoms with Gasteiger partial charge in [0.05, 0.1) is 11.1 Å². The molecule has 0 aliphatic rings. The molecule has 0 aliphatic heterocycles. The summed E-state index contributed by atoms with van der Waals surface area (Å²) in [5, 5.41) is 2.87. The molecule has 3 rings (SSSR count). The van der Waals surface area contributed by atoms with E-state index < -0.39 is 9.84 Å². The second-order valence-corrected chi connectivity index (χ2v) is 8.33. The molecule has 1 heterocycles. The van der Waals surface area contributed by atoms with E-state index in [0.29, 0.717) is 5.56 Å². The van der Waals surface area contributed by atoms with E-state index in [1.807, 2.05) is 19.1 Å². The first kappa shape index (κ1) is 16.4. The minimum Gasteiger partial charge on any atom is -0.298 e. The van der Waals surface area contributed by atoms with Gasteiger partial charge in [-0.15, -0.1) is 0 Å². The van der Waals surface area contributed by atoms with Crippen LogP contribution in [0.1, 0.15) is 15.9 Å². The van der Waals surface area contributed by atoms with Gasteiger partial charge in [0.25, 0.3) is 5.91 Å². The maximum absolute atomic E-state index is 12.5. The summed E-state index contributed by atoms with van der Waals surface area (Å²) in [6, 6.07) is 15.2. The van der Waals surface area contributed by atoms with Gasteiger partial charge in [-0.05, 0) is 31.2 Å². The number of amides is 1. The van der Waals surface area contributed by atoms with Gasteiger partial charge >= 0.3 is 0 Å². The van der Waals surface area contributed by atoms with E-state index in [0.717, 1.165) is 16.9 Å². The van der Waals surface area contributed by atoms with Crippen molar-refractivity contribution in [3.8, 4) is 0 Å². The van der Waals surface area contributed by atoms with Crippen molar-refractivity contribution in [3.63, 3.8) is 0 Å². The number of carbonyl (C=O) groups excluding carboxylic acids is 1. The molecule has 0 saturated heterocycles. The minimum absolute atomic E-state index is 0.0907. The Morgan fingerprint density at radius 3 is 2.38 bits per heavy atom. The minimum atomic E-state index is -3.62. The normalized spacial score (nSPS) is 11.2. The molecule has 0 bridgehead atoms. The highest BCUT2D eigenvalue weighted by molar-refractivity contribution is 7.93. The van der Waals surface area contributed by atoms with Crippen LogP contribution in [0.2, 0.25) is 0 Å². The third-order valence-corrected chi connectivity index (χ3v) is 6.48. The Morgan fingerprint density at radius 2 is 1.71 bits per heavy atom. The molecule has 0 unspecified atom stereocenters. The third kappa shape index (κ3) is 3.37. The second kappa shape index (κ2) is 6.54. The van der Waals surface area contributed by atoms with Crippen LogP contribution in [0.25, 0.3) is 0 Å². The Hall–Kier alpha value is -2.51. The molecule has 2 aromatic carbocycles. The number of nitrogens with zero attached hydrogens (tertiary/aromatic N) is 1. The lowest BCUT2D eigenvalue weighted by molar-refractivity contribution is 0.102. The van der Waals surface area contributed by atoms with E-state index in [2.05, 4.69) is 10.3 Å². The second-order valence-electron chi connectivity index (χ2n) is 5.12. The van der Waals surface area contributed by atoms with Gasteiger partial charge in [-0.2, -0.15) is 0 Å². The summed E-state index contributed by atoms with van der Waals surface area (Å²) < 4.78 is 25.1. The molecule has 0 atom stereocenters. The van der Waals surface area contributed by atoms with Gasteiger partial charge in [0.1, 0.15) is 4.21 Å². The third-order valence-electron chi connectivity index (χ3n) is 3.34. The smallest absolute Gasteiger partial charge is 0.257 e. The number of aryl methyl sites for hydroxylation is 1. The number of hydrogen-bond acceptors (Lipinski definition) is 5. The van der Waals surface area contributed by atoms with Crippen molar-refractivity contribution in [2.75, 3.05) is 5.32 Å². The molecule has 122 valence electrons. The highest BCUT2D eigenvalue weighted by Gasteiger charge is 2.21. The number of thiazole rings is 1. The molecule has 0 radical (unpaired) electrons. The molecule has 0 spiro atoms. The highest BCUT2D eigenvalue weighted by atomic mass is 32.2. The first-order chi connectivity index (χ1) is 11.5. The Bertz CT molecular complexity index is 963. The summed E-state index contributed by atoms with van der Waals surface area (Å²) in [6.45, 7) is 1.93. The van der Waals surface area contributed by atoms with Gasteiger partial charge < -0.3 is 0 Å². The predicted molar refractivity (Wildman–Crippen MR) is 93.1 cm³/mol. The van der Waals surface area contributed by atoms with Crippen LogP contribution in [0.3, 0.4) is 0 Å². The summed E-state index contributed by atoms with van der Waals surface area (Å²) in [5.41, 5.74) is 1.54. The standard InChI is InChI=1S/C17H14N2O3S2/c1-12-7-9-13(10-8-12)16(20)19-17-18-11-15(23-17)24(21,22)14-5-3-2-4-6-14/h2-11H,1H3,(H,18,19,20). The number of hydrogen-bond donors (Lipinski definition) is 1. The predicted octanol–water partition coefficient (Wildman–Crippen LogP) is 3.54. The van der Waals surface area contributed by atoms with Gasteiger partial charge in [0.2, 0.25) is 9.84 Å². The van der Waals surface area contributed by atoms with Crippen LogP contribution in [0.5, 0.6) is 0 Å². The largest absolute Gasteiger partial charge is 0.298 e. The zero-order chi connectivity index (χ0) is 17.2. The van der Waals surface area contributed by atoms with E-state index in [-0.39, 0.29) is 20.1 Å². The molecular weight excluding hydrogens is 344 g/mol. The zero-order valence-corrected chi connectivity index (χ0v) is 14.4. The molecule has 1 amide bonds. The van der Waals surface area contributed by atoms with Crippen molar-refractivity contribution in [1.29, 1.82) is 0 Å². The van der Waals surface area contributed by atoms with E-state index in [4.69, 9.17) is 0 Å². The van der Waals surface area contributed by atoms with Crippen LogP contribution < -0.4 is 5.32 Å². The number of carbonyl (C=O) groups is 1. The molecule has 0 saturated carbocycles. The summed E-state index contributed by atoms with van der Waals surface area (Å²) in [6.07, 6.45) is 1.26. The number of rotatable bonds is 4. The average molecular weight is 358 g/mol. The molecular formula is C17H14N2O3S2. The van der Waals surface area contributed by atoms with E-state index in [9.17, 15) is 13.2 Å². The quantitative estimate of drug-likeness (QED) is 0.774. The molecule has 1 N–H and O–H groups in total. The van der Waals surface area contributed by atoms with Crippen LogP contribution in [0.15, 0.2) is 69.9 Å². The summed E-state index contributed by atoms with van der Waals surface area (Å²) in [7, 11) is -3.62. The fourth-order valence-electron chi connectivity index (χ4n) is 2.03. The number of sulfone groups is 1. The first-order valence-electron chi connectivity index (χ1n) is 7.11. The molecule has 3 aromatic rings. The monoisotopic (exact) mass is 358 g/mol. The van der Waals surface area contributed by atoms with Crippen molar-refractivity contribution in [3.05, 3.63) is 71.9 Å². The average Bonchev–Trinajstić information content (AvgIpc) is 3.05. The van der Waals surface area contributed by atoms with Gasteiger partial charge in [0.15, 0.2) is 5.13 Å². The number of anilines is 1. The number of nitrogens with one attached hydrogen (secondary N) is 1. The van der Waals surface area contributed by atoms with Crippen LogP contribution in [-0.4, -0.2) is 19.3 Å². The van der Waals surface area contributed by atoms with Crippen LogP contribution in [0.4, 0.5) is 5.13 Å². The van der Waals surface area contributed by atoms with E-state index >= 15 is 0 Å². The molecule has 7 heteroatoms. The summed E-state index contributed by atoms with van der Waals surface area (Å²) in [5.74, 6) is -0.326. The lowest BCUT2D eigenvalue weighted by Crippen LogP contribution is -2.11. The summed E-state index contributed by atoms with van der Waals surface area (Å²) >= 11 is 0.930. The number of benzene rings is 2. The topological polar surface area (TPSA) is 76.1 Å². The maximum atomic E-state index is 12.5.